The van der Waals surface area contributed by atoms with E-state index in [-0.39, 0.29) is 5.91 Å². The topological polar surface area (TPSA) is 42.0 Å². The van der Waals surface area contributed by atoms with Gasteiger partial charge in [-0.25, -0.2) is 0 Å². The van der Waals surface area contributed by atoms with Crippen molar-refractivity contribution in [3.05, 3.63) is 29.6 Å². The molecule has 3 nitrogen and oxygen atoms in total. The largest absolute Gasteiger partial charge is 0.356 e. The summed E-state index contributed by atoms with van der Waals surface area (Å²) in [6.07, 6.45) is 4.66. The van der Waals surface area contributed by atoms with E-state index < -0.39 is 0 Å². The molecule has 2 heterocycles. The summed E-state index contributed by atoms with van der Waals surface area (Å²) in [7, 11) is 0. The second kappa shape index (κ2) is 6.18. The Morgan fingerprint density at radius 2 is 2.16 bits per heavy atom. The van der Waals surface area contributed by atoms with Gasteiger partial charge in [0, 0.05) is 24.9 Å². The summed E-state index contributed by atoms with van der Waals surface area (Å²) in [5.74, 6) is 1.83. The van der Waals surface area contributed by atoms with Crippen LogP contribution in [-0.4, -0.2) is 17.4 Å². The molecular weight excluding hydrogens is 236 g/mol. The molecule has 2 atom stereocenters. The first kappa shape index (κ1) is 14.0. The second-order valence-corrected chi connectivity index (χ2v) is 6.20. The molecule has 0 spiro atoms. The van der Waals surface area contributed by atoms with E-state index in [1.54, 1.807) is 0 Å². The first-order valence-corrected chi connectivity index (χ1v) is 7.25. The Hall–Kier alpha value is -1.38. The maximum Gasteiger partial charge on any atom is 0.220 e. The summed E-state index contributed by atoms with van der Waals surface area (Å²) in [4.78, 5) is 15.7. The number of carbonyl (C=O) groups excluding carboxylic acids is 1. The van der Waals surface area contributed by atoms with Crippen molar-refractivity contribution in [2.45, 2.75) is 40.0 Å². The van der Waals surface area contributed by atoms with E-state index in [1.807, 2.05) is 6.20 Å². The van der Waals surface area contributed by atoms with Crippen molar-refractivity contribution in [2.75, 3.05) is 6.54 Å². The number of carbonyl (C=O) groups is 1. The molecule has 1 aliphatic heterocycles. The van der Waals surface area contributed by atoms with Crippen LogP contribution in [-0.2, 0) is 17.6 Å². The SMILES string of the molecule is CC(C)Cc1ccnc(CC(C)[C@@H]2CNC(=O)C2)c1. The minimum Gasteiger partial charge on any atom is -0.356 e. The molecule has 1 aromatic rings. The summed E-state index contributed by atoms with van der Waals surface area (Å²) in [5, 5.41) is 2.91. The minimum atomic E-state index is 0.193. The number of rotatable bonds is 5. The van der Waals surface area contributed by atoms with Crippen LogP contribution in [0.2, 0.25) is 0 Å². The Kier molecular flexibility index (Phi) is 4.56. The molecule has 1 unspecified atom stereocenters. The van der Waals surface area contributed by atoms with Crippen LogP contribution in [0.5, 0.6) is 0 Å². The zero-order valence-corrected chi connectivity index (χ0v) is 12.1. The Morgan fingerprint density at radius 3 is 2.79 bits per heavy atom. The van der Waals surface area contributed by atoms with E-state index in [4.69, 9.17) is 0 Å². The van der Waals surface area contributed by atoms with Gasteiger partial charge in [-0.15, -0.1) is 0 Å². The third kappa shape index (κ3) is 4.05. The molecule has 1 amide bonds. The van der Waals surface area contributed by atoms with Crippen LogP contribution in [0.15, 0.2) is 18.3 Å². The molecule has 0 radical (unpaired) electrons. The van der Waals surface area contributed by atoms with E-state index in [1.165, 1.54) is 5.56 Å². The predicted molar refractivity (Wildman–Crippen MR) is 76.8 cm³/mol. The average molecular weight is 260 g/mol. The van der Waals surface area contributed by atoms with Crippen LogP contribution in [0.1, 0.15) is 38.4 Å². The highest BCUT2D eigenvalue weighted by Gasteiger charge is 2.26. The van der Waals surface area contributed by atoms with Crippen LogP contribution in [0.25, 0.3) is 0 Å². The first-order valence-electron chi connectivity index (χ1n) is 7.25. The normalized spacial score (nSPS) is 20.6. The first-order chi connectivity index (χ1) is 9.04. The molecule has 1 fully saturated rings. The highest BCUT2D eigenvalue weighted by Crippen LogP contribution is 2.23. The number of pyridine rings is 1. The van der Waals surface area contributed by atoms with Gasteiger partial charge in [0.1, 0.15) is 0 Å². The monoisotopic (exact) mass is 260 g/mol. The van der Waals surface area contributed by atoms with Crippen molar-refractivity contribution < 1.29 is 4.79 Å². The molecule has 0 saturated carbocycles. The molecule has 19 heavy (non-hydrogen) atoms. The molecule has 1 aliphatic rings. The maximum atomic E-state index is 11.3. The quantitative estimate of drug-likeness (QED) is 0.884. The zero-order valence-electron chi connectivity index (χ0n) is 12.1. The molecule has 1 saturated heterocycles. The minimum absolute atomic E-state index is 0.193. The van der Waals surface area contributed by atoms with Gasteiger partial charge in [-0.2, -0.15) is 0 Å². The van der Waals surface area contributed by atoms with E-state index in [0.717, 1.165) is 25.1 Å². The van der Waals surface area contributed by atoms with E-state index in [2.05, 4.69) is 43.2 Å². The average Bonchev–Trinajstić information content (AvgIpc) is 2.75. The van der Waals surface area contributed by atoms with Gasteiger partial charge in [-0.05, 0) is 48.3 Å². The third-order valence-corrected chi connectivity index (χ3v) is 3.87. The predicted octanol–water partition coefficient (Wildman–Crippen LogP) is 2.59. The van der Waals surface area contributed by atoms with Crippen molar-refractivity contribution in [2.24, 2.45) is 17.8 Å². The number of nitrogens with one attached hydrogen (secondary N) is 1. The number of amides is 1. The van der Waals surface area contributed by atoms with Gasteiger partial charge in [0.05, 0.1) is 0 Å². The molecule has 2 rings (SSSR count). The lowest BCUT2D eigenvalue weighted by Gasteiger charge is -2.17. The Morgan fingerprint density at radius 1 is 1.37 bits per heavy atom. The second-order valence-electron chi connectivity index (χ2n) is 6.20. The fourth-order valence-electron chi connectivity index (χ4n) is 2.76. The highest BCUT2D eigenvalue weighted by atomic mass is 16.1. The highest BCUT2D eigenvalue weighted by molar-refractivity contribution is 5.78. The van der Waals surface area contributed by atoms with Gasteiger partial charge in [-0.1, -0.05) is 20.8 Å². The Balaban J connectivity index is 1.96. The van der Waals surface area contributed by atoms with Gasteiger partial charge in [-0.3, -0.25) is 9.78 Å². The standard InChI is InChI=1S/C16H24N2O/c1-11(2)6-13-4-5-17-15(8-13)7-12(3)14-9-16(19)18-10-14/h4-5,8,11-12,14H,6-7,9-10H2,1-3H3,(H,18,19)/t12?,14-/m0/s1. The lowest BCUT2D eigenvalue weighted by molar-refractivity contribution is -0.119. The third-order valence-electron chi connectivity index (χ3n) is 3.87. The number of nitrogens with zero attached hydrogens (tertiary/aromatic N) is 1. The maximum absolute atomic E-state index is 11.3. The van der Waals surface area contributed by atoms with Gasteiger partial charge in [0.25, 0.3) is 0 Å². The summed E-state index contributed by atoms with van der Waals surface area (Å²) in [5.41, 5.74) is 2.53. The fourth-order valence-corrected chi connectivity index (χ4v) is 2.76. The van der Waals surface area contributed by atoms with Gasteiger partial charge in [0.2, 0.25) is 5.91 Å². The van der Waals surface area contributed by atoms with Crippen molar-refractivity contribution in [1.29, 1.82) is 0 Å². The molecule has 1 N–H and O–H groups in total. The van der Waals surface area contributed by atoms with Crippen molar-refractivity contribution in [1.82, 2.24) is 10.3 Å². The van der Waals surface area contributed by atoms with Gasteiger partial charge < -0.3 is 5.32 Å². The van der Waals surface area contributed by atoms with Crippen LogP contribution in [0, 0.1) is 17.8 Å². The zero-order chi connectivity index (χ0) is 13.8. The van der Waals surface area contributed by atoms with Crippen LogP contribution in [0.4, 0.5) is 0 Å². The summed E-state index contributed by atoms with van der Waals surface area (Å²) < 4.78 is 0. The van der Waals surface area contributed by atoms with Crippen molar-refractivity contribution >= 4 is 5.91 Å². The molecule has 0 bridgehead atoms. The molecule has 0 aliphatic carbocycles. The van der Waals surface area contributed by atoms with E-state index in [0.29, 0.717) is 24.2 Å². The summed E-state index contributed by atoms with van der Waals surface area (Å²) in [6.45, 7) is 7.52. The molecule has 104 valence electrons. The Labute approximate surface area is 115 Å². The van der Waals surface area contributed by atoms with Crippen LogP contribution < -0.4 is 5.32 Å². The fraction of sp³-hybridized carbons (Fsp3) is 0.625. The smallest absolute Gasteiger partial charge is 0.220 e. The molecule has 0 aromatic carbocycles. The van der Waals surface area contributed by atoms with Crippen LogP contribution >= 0.6 is 0 Å². The van der Waals surface area contributed by atoms with Gasteiger partial charge in [0.15, 0.2) is 0 Å². The van der Waals surface area contributed by atoms with Crippen molar-refractivity contribution in [3.8, 4) is 0 Å². The lowest BCUT2D eigenvalue weighted by atomic mass is 9.88. The lowest BCUT2D eigenvalue weighted by Crippen LogP contribution is -2.18. The molecular formula is C16H24N2O. The summed E-state index contributed by atoms with van der Waals surface area (Å²) >= 11 is 0. The van der Waals surface area contributed by atoms with E-state index >= 15 is 0 Å². The molecule has 1 aromatic heterocycles. The number of hydrogen-bond acceptors (Lipinski definition) is 2. The summed E-state index contributed by atoms with van der Waals surface area (Å²) in [6, 6.07) is 4.33. The van der Waals surface area contributed by atoms with Gasteiger partial charge >= 0.3 is 0 Å². The number of aromatic nitrogens is 1. The van der Waals surface area contributed by atoms with E-state index in [9.17, 15) is 4.79 Å². The van der Waals surface area contributed by atoms with Crippen molar-refractivity contribution in [3.63, 3.8) is 0 Å². The Bertz CT molecular complexity index is 442. The molecule has 3 heteroatoms. The number of hydrogen-bond donors (Lipinski definition) is 1. The van der Waals surface area contributed by atoms with Crippen LogP contribution in [0.3, 0.4) is 0 Å².